The molecule has 1 saturated heterocycles. The van der Waals surface area contributed by atoms with Crippen molar-refractivity contribution < 1.29 is 14.0 Å². The topological polar surface area (TPSA) is 55.9 Å². The highest BCUT2D eigenvalue weighted by atomic mass is 19.1. The predicted octanol–water partition coefficient (Wildman–Crippen LogP) is 3.15. The van der Waals surface area contributed by atoms with Gasteiger partial charge in [-0.2, -0.15) is 0 Å². The number of amides is 2. The van der Waals surface area contributed by atoms with E-state index in [4.69, 9.17) is 0 Å². The summed E-state index contributed by atoms with van der Waals surface area (Å²) in [6.07, 6.45) is 0. The van der Waals surface area contributed by atoms with Gasteiger partial charge < -0.3 is 5.32 Å². The first kappa shape index (κ1) is 19.7. The Hall–Kier alpha value is -3.29. The quantitative estimate of drug-likeness (QED) is 0.692. The highest BCUT2D eigenvalue weighted by Gasteiger charge is 2.31. The predicted molar refractivity (Wildman–Crippen MR) is 119 cm³/mol. The van der Waals surface area contributed by atoms with Crippen LogP contribution < -0.4 is 10.2 Å². The maximum atomic E-state index is 13.0. The number of hydrogen-bond donors (Lipinski definition) is 1. The van der Waals surface area contributed by atoms with Crippen LogP contribution in [0.15, 0.2) is 60.7 Å². The van der Waals surface area contributed by atoms with Crippen molar-refractivity contribution in [2.75, 3.05) is 49.6 Å². The summed E-state index contributed by atoms with van der Waals surface area (Å²) in [6, 6.07) is 17.7. The number of carbonyl (C=O) groups excluding carboxylic acids is 2. The molecule has 0 aliphatic carbocycles. The minimum Gasteiger partial charge on any atom is -0.325 e. The SMILES string of the molecule is O=C(CN1CCN(CN2C(=O)c3cccc4cccc2c34)CC1)Nc1ccc(F)cc1. The van der Waals surface area contributed by atoms with Crippen molar-refractivity contribution in [2.24, 2.45) is 0 Å². The number of halogens is 1. The molecule has 0 unspecified atom stereocenters. The molecule has 1 fully saturated rings. The van der Waals surface area contributed by atoms with Crippen molar-refractivity contribution in [1.29, 1.82) is 0 Å². The summed E-state index contributed by atoms with van der Waals surface area (Å²) in [6.45, 7) is 3.88. The molecule has 2 aliphatic heterocycles. The van der Waals surface area contributed by atoms with Gasteiger partial charge in [0.25, 0.3) is 5.91 Å². The van der Waals surface area contributed by atoms with E-state index in [9.17, 15) is 14.0 Å². The Morgan fingerprint density at radius 1 is 0.903 bits per heavy atom. The molecule has 0 atom stereocenters. The molecule has 3 aromatic rings. The van der Waals surface area contributed by atoms with E-state index >= 15 is 0 Å². The molecule has 0 saturated carbocycles. The molecule has 7 heteroatoms. The largest absolute Gasteiger partial charge is 0.325 e. The lowest BCUT2D eigenvalue weighted by atomic mass is 10.1. The van der Waals surface area contributed by atoms with Crippen LogP contribution in [0.5, 0.6) is 0 Å². The lowest BCUT2D eigenvalue weighted by molar-refractivity contribution is -0.117. The van der Waals surface area contributed by atoms with E-state index in [-0.39, 0.29) is 17.6 Å². The van der Waals surface area contributed by atoms with E-state index in [2.05, 4.69) is 15.1 Å². The van der Waals surface area contributed by atoms with Gasteiger partial charge in [-0.1, -0.05) is 24.3 Å². The molecule has 0 bridgehead atoms. The minimum absolute atomic E-state index is 0.0490. The van der Waals surface area contributed by atoms with Gasteiger partial charge in [0.05, 0.1) is 18.9 Å². The molecular formula is C24H23FN4O2. The number of rotatable bonds is 5. The number of nitrogens with one attached hydrogen (secondary N) is 1. The lowest BCUT2D eigenvalue weighted by Crippen LogP contribution is -2.52. The van der Waals surface area contributed by atoms with Crippen LogP contribution in [0.4, 0.5) is 15.8 Å². The van der Waals surface area contributed by atoms with Crippen molar-refractivity contribution in [3.8, 4) is 0 Å². The van der Waals surface area contributed by atoms with Gasteiger partial charge in [0.15, 0.2) is 0 Å². The summed E-state index contributed by atoms with van der Waals surface area (Å²) in [4.78, 5) is 31.5. The summed E-state index contributed by atoms with van der Waals surface area (Å²) < 4.78 is 13.0. The second-order valence-corrected chi connectivity index (χ2v) is 8.00. The zero-order valence-electron chi connectivity index (χ0n) is 17.1. The monoisotopic (exact) mass is 418 g/mol. The molecule has 0 aromatic heterocycles. The van der Waals surface area contributed by atoms with Crippen molar-refractivity contribution in [1.82, 2.24) is 9.80 Å². The smallest absolute Gasteiger partial charge is 0.260 e. The van der Waals surface area contributed by atoms with Crippen LogP contribution in [0.2, 0.25) is 0 Å². The highest BCUT2D eigenvalue weighted by molar-refractivity contribution is 6.24. The van der Waals surface area contributed by atoms with E-state index in [1.807, 2.05) is 41.3 Å². The van der Waals surface area contributed by atoms with Gasteiger partial charge in [-0.25, -0.2) is 4.39 Å². The summed E-state index contributed by atoms with van der Waals surface area (Å²) in [5.41, 5.74) is 2.33. The Balaban J connectivity index is 1.17. The zero-order chi connectivity index (χ0) is 21.4. The van der Waals surface area contributed by atoms with E-state index in [0.29, 0.717) is 18.9 Å². The Kier molecular flexibility index (Phi) is 5.13. The minimum atomic E-state index is -0.329. The third-order valence-corrected chi connectivity index (χ3v) is 5.95. The zero-order valence-corrected chi connectivity index (χ0v) is 17.1. The van der Waals surface area contributed by atoms with E-state index in [1.165, 1.54) is 12.1 Å². The van der Waals surface area contributed by atoms with Crippen LogP contribution >= 0.6 is 0 Å². The molecule has 31 heavy (non-hydrogen) atoms. The standard InChI is InChI=1S/C24H23FN4O2/c25-18-7-9-19(10-8-18)26-22(30)15-27-11-13-28(14-12-27)16-29-21-6-2-4-17-3-1-5-20(23(17)21)24(29)31/h1-10H,11-16H2,(H,26,30). The van der Waals surface area contributed by atoms with Crippen LogP contribution in [-0.4, -0.2) is 61.0 Å². The fraction of sp³-hybridized carbons (Fsp3) is 0.250. The molecule has 2 aliphatic rings. The van der Waals surface area contributed by atoms with Gasteiger partial charge in [-0.3, -0.25) is 24.3 Å². The molecular weight excluding hydrogens is 395 g/mol. The molecule has 3 aromatic carbocycles. The van der Waals surface area contributed by atoms with Crippen molar-refractivity contribution in [3.63, 3.8) is 0 Å². The average Bonchev–Trinajstić information content (AvgIpc) is 3.05. The lowest BCUT2D eigenvalue weighted by Gasteiger charge is -2.36. The molecule has 5 rings (SSSR count). The van der Waals surface area contributed by atoms with Crippen LogP contribution in [0.25, 0.3) is 10.8 Å². The Morgan fingerprint density at radius 3 is 2.32 bits per heavy atom. The molecule has 158 valence electrons. The molecule has 2 amide bonds. The molecule has 2 heterocycles. The molecule has 0 spiro atoms. The van der Waals surface area contributed by atoms with Crippen molar-refractivity contribution in [2.45, 2.75) is 0 Å². The van der Waals surface area contributed by atoms with Gasteiger partial charge in [0, 0.05) is 42.8 Å². The fourth-order valence-corrected chi connectivity index (χ4v) is 4.35. The van der Waals surface area contributed by atoms with E-state index < -0.39 is 0 Å². The second kappa shape index (κ2) is 8.09. The third-order valence-electron chi connectivity index (χ3n) is 5.95. The molecule has 0 radical (unpaired) electrons. The van der Waals surface area contributed by atoms with Crippen LogP contribution in [-0.2, 0) is 4.79 Å². The number of nitrogens with zero attached hydrogens (tertiary/aromatic N) is 3. The first-order valence-electron chi connectivity index (χ1n) is 10.4. The van der Waals surface area contributed by atoms with Gasteiger partial charge in [-0.05, 0) is 41.8 Å². The summed E-state index contributed by atoms with van der Waals surface area (Å²) in [5.74, 6) is -0.394. The summed E-state index contributed by atoms with van der Waals surface area (Å²) in [7, 11) is 0. The van der Waals surface area contributed by atoms with Crippen LogP contribution in [0.3, 0.4) is 0 Å². The average molecular weight is 418 g/mol. The van der Waals surface area contributed by atoms with Crippen molar-refractivity contribution in [3.05, 3.63) is 72.0 Å². The first-order chi connectivity index (χ1) is 15.1. The first-order valence-corrected chi connectivity index (χ1v) is 10.4. The molecule has 1 N–H and O–H groups in total. The van der Waals surface area contributed by atoms with Gasteiger partial charge in [-0.15, -0.1) is 0 Å². The third kappa shape index (κ3) is 3.89. The number of carbonyl (C=O) groups is 2. The van der Waals surface area contributed by atoms with Crippen LogP contribution in [0.1, 0.15) is 10.4 Å². The Labute approximate surface area is 179 Å². The number of anilines is 2. The van der Waals surface area contributed by atoms with Crippen LogP contribution in [0, 0.1) is 5.82 Å². The van der Waals surface area contributed by atoms with Gasteiger partial charge in [0.2, 0.25) is 5.91 Å². The Morgan fingerprint density at radius 2 is 1.58 bits per heavy atom. The van der Waals surface area contributed by atoms with Gasteiger partial charge in [0.1, 0.15) is 5.82 Å². The Bertz CT molecular complexity index is 1130. The number of hydrogen-bond acceptors (Lipinski definition) is 4. The second-order valence-electron chi connectivity index (χ2n) is 8.00. The maximum Gasteiger partial charge on any atom is 0.260 e. The van der Waals surface area contributed by atoms with Gasteiger partial charge >= 0.3 is 0 Å². The molecule has 6 nitrogen and oxygen atoms in total. The fourth-order valence-electron chi connectivity index (χ4n) is 4.35. The maximum absolute atomic E-state index is 13.0. The van der Waals surface area contributed by atoms with E-state index in [1.54, 1.807) is 12.1 Å². The van der Waals surface area contributed by atoms with Crippen molar-refractivity contribution >= 4 is 34.0 Å². The number of benzene rings is 3. The normalized spacial score (nSPS) is 16.8. The summed E-state index contributed by atoms with van der Waals surface area (Å²) in [5, 5.41) is 4.92. The van der Waals surface area contributed by atoms with E-state index in [0.717, 1.165) is 48.2 Å². The number of piperazine rings is 1. The highest BCUT2D eigenvalue weighted by Crippen LogP contribution is 2.37. The summed E-state index contributed by atoms with van der Waals surface area (Å²) >= 11 is 0.